The molecule has 0 bridgehead atoms. The highest BCUT2D eigenvalue weighted by Gasteiger charge is 2.27. The van der Waals surface area contributed by atoms with Crippen LogP contribution in [0.3, 0.4) is 0 Å². The maximum atomic E-state index is 2.62. The summed E-state index contributed by atoms with van der Waals surface area (Å²) in [5, 5.41) is 2.76. The molecule has 0 saturated heterocycles. The number of aryl methyl sites for hydroxylation is 1. The summed E-state index contributed by atoms with van der Waals surface area (Å²) >= 11 is 0. The fraction of sp³-hybridized carbons (Fsp3) is 0.531. The predicted molar refractivity (Wildman–Crippen MR) is 141 cm³/mol. The van der Waals surface area contributed by atoms with Crippen molar-refractivity contribution in [2.45, 2.75) is 97.3 Å². The zero-order valence-electron chi connectivity index (χ0n) is 21.5. The second-order valence-corrected chi connectivity index (χ2v) is 12.2. The van der Waals surface area contributed by atoms with Gasteiger partial charge in [0.15, 0.2) is 6.20 Å². The lowest BCUT2D eigenvalue weighted by molar-refractivity contribution is -0.659. The van der Waals surface area contributed by atoms with Crippen LogP contribution in [0.15, 0.2) is 42.6 Å². The van der Waals surface area contributed by atoms with Gasteiger partial charge in [0.1, 0.15) is 7.05 Å². The Morgan fingerprint density at radius 1 is 0.848 bits per heavy atom. The first-order valence-electron chi connectivity index (χ1n) is 13.4. The molecular formula is C32H42N+. The number of aromatic nitrogens is 1. The number of hydrogen-bond acceptors (Lipinski definition) is 0. The van der Waals surface area contributed by atoms with E-state index >= 15 is 0 Å². The first-order chi connectivity index (χ1) is 15.8. The summed E-state index contributed by atoms with van der Waals surface area (Å²) in [6.45, 7) is 9.39. The summed E-state index contributed by atoms with van der Waals surface area (Å²) in [4.78, 5) is 0. The molecule has 2 aromatic carbocycles. The van der Waals surface area contributed by atoms with E-state index in [-0.39, 0.29) is 0 Å². The summed E-state index contributed by atoms with van der Waals surface area (Å²) < 4.78 is 2.37. The van der Waals surface area contributed by atoms with E-state index in [1.54, 1.807) is 11.1 Å². The van der Waals surface area contributed by atoms with E-state index in [1.165, 1.54) is 84.5 Å². The molecule has 2 aliphatic carbocycles. The maximum absolute atomic E-state index is 2.62. The minimum absolute atomic E-state index is 0.304. The van der Waals surface area contributed by atoms with E-state index in [1.807, 2.05) is 0 Å². The topological polar surface area (TPSA) is 3.88 Å². The van der Waals surface area contributed by atoms with Crippen molar-refractivity contribution in [2.75, 3.05) is 0 Å². The molecule has 0 radical (unpaired) electrons. The first kappa shape index (κ1) is 22.6. The molecule has 1 nitrogen and oxygen atoms in total. The van der Waals surface area contributed by atoms with Crippen LogP contribution in [-0.2, 0) is 13.5 Å². The Morgan fingerprint density at radius 2 is 1.52 bits per heavy atom. The third-order valence-corrected chi connectivity index (χ3v) is 8.28. The molecule has 1 heterocycles. The fourth-order valence-electron chi connectivity index (χ4n) is 6.64. The van der Waals surface area contributed by atoms with E-state index in [9.17, 15) is 0 Å². The quantitative estimate of drug-likeness (QED) is 0.358. The molecule has 0 N–H and O–H groups in total. The third-order valence-electron chi connectivity index (χ3n) is 8.28. The summed E-state index contributed by atoms with van der Waals surface area (Å²) in [5.41, 5.74) is 9.38. The lowest BCUT2D eigenvalue weighted by Crippen LogP contribution is -2.31. The van der Waals surface area contributed by atoms with Gasteiger partial charge in [-0.2, -0.15) is 0 Å². The highest BCUT2D eigenvalue weighted by Crippen LogP contribution is 2.43. The van der Waals surface area contributed by atoms with Gasteiger partial charge >= 0.3 is 0 Å². The lowest BCUT2D eigenvalue weighted by Gasteiger charge is -2.21. The predicted octanol–water partition coefficient (Wildman–Crippen LogP) is 8.54. The van der Waals surface area contributed by atoms with Crippen molar-refractivity contribution in [3.63, 3.8) is 0 Å². The highest BCUT2D eigenvalue weighted by atomic mass is 14.9. The zero-order valence-corrected chi connectivity index (χ0v) is 21.5. The fourth-order valence-corrected chi connectivity index (χ4v) is 6.64. The van der Waals surface area contributed by atoms with Crippen LogP contribution in [0.5, 0.6) is 0 Å². The SMILES string of the molecule is Cc1c(-c2c3ccc(CC(C)(C)C)cc3cc[n+]2C)cc(C2CCCC2)cc1C1CCCC1. The van der Waals surface area contributed by atoms with Crippen LogP contribution in [0.1, 0.15) is 106 Å². The molecule has 33 heavy (non-hydrogen) atoms. The molecule has 5 rings (SSSR count). The van der Waals surface area contributed by atoms with E-state index in [0.29, 0.717) is 5.41 Å². The Kier molecular flexibility index (Phi) is 6.10. The smallest absolute Gasteiger partial charge is 0.200 e. The average Bonchev–Trinajstić information content (AvgIpc) is 3.48. The van der Waals surface area contributed by atoms with Gasteiger partial charge in [0.25, 0.3) is 0 Å². The molecule has 174 valence electrons. The van der Waals surface area contributed by atoms with E-state index < -0.39 is 0 Å². The average molecular weight is 441 g/mol. The van der Waals surface area contributed by atoms with Gasteiger partial charge in [0.05, 0.1) is 10.9 Å². The number of pyridine rings is 1. The largest absolute Gasteiger partial charge is 0.220 e. The van der Waals surface area contributed by atoms with Crippen molar-refractivity contribution in [1.82, 2.24) is 0 Å². The van der Waals surface area contributed by atoms with Crippen molar-refractivity contribution in [1.29, 1.82) is 0 Å². The van der Waals surface area contributed by atoms with Crippen molar-refractivity contribution >= 4 is 10.8 Å². The minimum Gasteiger partial charge on any atom is -0.200 e. The second kappa shape index (κ2) is 8.90. The Hall–Kier alpha value is -2.15. The molecule has 0 atom stereocenters. The van der Waals surface area contributed by atoms with Crippen LogP contribution in [0.25, 0.3) is 22.0 Å². The van der Waals surface area contributed by atoms with Crippen LogP contribution >= 0.6 is 0 Å². The molecule has 0 aliphatic heterocycles. The van der Waals surface area contributed by atoms with Crippen molar-refractivity contribution in [2.24, 2.45) is 12.5 Å². The van der Waals surface area contributed by atoms with E-state index in [2.05, 4.69) is 81.9 Å². The van der Waals surface area contributed by atoms with Gasteiger partial charge in [-0.3, -0.25) is 0 Å². The third kappa shape index (κ3) is 4.61. The molecule has 2 saturated carbocycles. The molecule has 2 fully saturated rings. The summed E-state index contributed by atoms with van der Waals surface area (Å²) in [6.07, 6.45) is 14.4. The summed E-state index contributed by atoms with van der Waals surface area (Å²) in [6, 6.07) is 14.7. The molecule has 0 unspecified atom stereocenters. The van der Waals surface area contributed by atoms with Crippen LogP contribution in [0.4, 0.5) is 0 Å². The monoisotopic (exact) mass is 440 g/mol. The van der Waals surface area contributed by atoms with E-state index in [4.69, 9.17) is 0 Å². The number of benzene rings is 2. The van der Waals surface area contributed by atoms with Crippen molar-refractivity contribution in [3.8, 4) is 11.3 Å². The normalized spacial score (nSPS) is 18.0. The Morgan fingerprint density at radius 3 is 2.18 bits per heavy atom. The Bertz CT molecular complexity index is 1150. The van der Waals surface area contributed by atoms with Gasteiger partial charge in [-0.25, -0.2) is 4.57 Å². The molecule has 1 aromatic heterocycles. The second-order valence-electron chi connectivity index (χ2n) is 12.2. The number of nitrogens with zero attached hydrogens (tertiary/aromatic N) is 1. The molecule has 0 spiro atoms. The molecular weight excluding hydrogens is 398 g/mol. The van der Waals surface area contributed by atoms with Crippen LogP contribution in [-0.4, -0.2) is 0 Å². The van der Waals surface area contributed by atoms with Gasteiger partial charge in [-0.15, -0.1) is 0 Å². The number of rotatable bonds is 4. The van der Waals surface area contributed by atoms with Gasteiger partial charge in [-0.1, -0.05) is 64.7 Å². The summed E-state index contributed by atoms with van der Waals surface area (Å²) in [7, 11) is 2.23. The Balaban J connectivity index is 1.68. The van der Waals surface area contributed by atoms with Crippen molar-refractivity contribution in [3.05, 3.63) is 64.8 Å². The minimum atomic E-state index is 0.304. The molecule has 2 aliphatic rings. The van der Waals surface area contributed by atoms with Crippen LogP contribution < -0.4 is 4.57 Å². The maximum Gasteiger partial charge on any atom is 0.220 e. The highest BCUT2D eigenvalue weighted by molar-refractivity contribution is 5.94. The number of fused-ring (bicyclic) bond motifs is 1. The Labute approximate surface area is 201 Å². The summed E-state index contributed by atoms with van der Waals surface area (Å²) in [5.74, 6) is 1.51. The molecule has 0 amide bonds. The van der Waals surface area contributed by atoms with Crippen LogP contribution in [0, 0.1) is 12.3 Å². The van der Waals surface area contributed by atoms with Gasteiger partial charge in [0.2, 0.25) is 5.69 Å². The number of hydrogen-bond donors (Lipinski definition) is 0. The first-order valence-corrected chi connectivity index (χ1v) is 13.4. The molecule has 3 aromatic rings. The van der Waals surface area contributed by atoms with E-state index in [0.717, 1.165) is 18.3 Å². The lowest BCUT2D eigenvalue weighted by atomic mass is 9.83. The van der Waals surface area contributed by atoms with Crippen LogP contribution in [0.2, 0.25) is 0 Å². The van der Waals surface area contributed by atoms with Gasteiger partial charge in [-0.05, 0) is 96.1 Å². The van der Waals surface area contributed by atoms with Gasteiger partial charge in [0, 0.05) is 6.07 Å². The molecule has 1 heteroatoms. The van der Waals surface area contributed by atoms with Crippen molar-refractivity contribution < 1.29 is 4.57 Å². The zero-order chi connectivity index (χ0) is 23.2. The van der Waals surface area contributed by atoms with Gasteiger partial charge < -0.3 is 0 Å². The standard InChI is InChI=1S/C32H42N/c1-22-29(25-12-8-9-13-25)19-27(24-10-6-7-11-24)20-30(22)31-28-15-14-23(21-32(2,3)4)18-26(28)16-17-33(31)5/h14-20,24-25H,6-13,21H2,1-5H3/q+1.